The van der Waals surface area contributed by atoms with Crippen molar-refractivity contribution in [3.63, 3.8) is 0 Å². The summed E-state index contributed by atoms with van der Waals surface area (Å²) in [4.78, 5) is 32.9. The molecule has 0 spiro atoms. The van der Waals surface area contributed by atoms with Gasteiger partial charge in [-0.3, -0.25) is 9.59 Å². The second-order valence-electron chi connectivity index (χ2n) is 3.35. The van der Waals surface area contributed by atoms with Crippen LogP contribution >= 0.6 is 0 Å². The van der Waals surface area contributed by atoms with E-state index in [1.165, 1.54) is 0 Å². The van der Waals surface area contributed by atoms with Gasteiger partial charge in [-0.25, -0.2) is 4.79 Å². The van der Waals surface area contributed by atoms with Crippen LogP contribution in [0.4, 0.5) is 0 Å². The Bertz CT molecular complexity index is 293. The minimum Gasteiger partial charge on any atom is -0.466 e. The van der Waals surface area contributed by atoms with E-state index in [9.17, 15) is 14.4 Å². The minimum absolute atomic E-state index is 0.0858. The number of carbonyl (C=O) groups excluding carboxylic acids is 3. The summed E-state index contributed by atoms with van der Waals surface area (Å²) in [5.74, 6) is -2.10. The molecular formula is C12H18O5. The first-order chi connectivity index (χ1) is 8.11. The molecule has 0 aromatic heterocycles. The number of ketones is 1. The number of unbranched alkanes of at least 4 members (excludes halogenated alkanes) is 1. The molecule has 0 aromatic rings. The van der Waals surface area contributed by atoms with Gasteiger partial charge in [0.05, 0.1) is 20.1 Å². The van der Waals surface area contributed by atoms with Gasteiger partial charge >= 0.3 is 11.9 Å². The molecule has 5 heteroatoms. The first-order valence-corrected chi connectivity index (χ1v) is 5.49. The van der Waals surface area contributed by atoms with Crippen LogP contribution in [0.5, 0.6) is 0 Å². The number of esters is 2. The molecule has 17 heavy (non-hydrogen) atoms. The maximum Gasteiger partial charge on any atom is 0.374 e. The highest BCUT2D eigenvalue weighted by Gasteiger charge is 2.15. The van der Waals surface area contributed by atoms with Crippen LogP contribution in [0.3, 0.4) is 0 Å². The molecule has 0 saturated carbocycles. The fraction of sp³-hybridized carbons (Fsp3) is 0.583. The van der Waals surface area contributed by atoms with E-state index >= 15 is 0 Å². The number of hydrogen-bond acceptors (Lipinski definition) is 5. The Morgan fingerprint density at radius 1 is 1.18 bits per heavy atom. The molecule has 0 radical (unpaired) electrons. The number of allylic oxidation sites excluding steroid dienone is 2. The summed E-state index contributed by atoms with van der Waals surface area (Å²) in [5.41, 5.74) is 0. The molecule has 0 N–H and O–H groups in total. The fourth-order valence-corrected chi connectivity index (χ4v) is 1.06. The van der Waals surface area contributed by atoms with Gasteiger partial charge in [0.1, 0.15) is 0 Å². The highest BCUT2D eigenvalue weighted by Crippen LogP contribution is 1.98. The van der Waals surface area contributed by atoms with Crippen molar-refractivity contribution in [1.29, 1.82) is 0 Å². The molecule has 5 nitrogen and oxygen atoms in total. The van der Waals surface area contributed by atoms with Crippen molar-refractivity contribution >= 4 is 17.7 Å². The fourth-order valence-electron chi connectivity index (χ4n) is 1.06. The van der Waals surface area contributed by atoms with E-state index < -0.39 is 17.7 Å². The Hall–Kier alpha value is -1.65. The number of Topliss-reactive ketones (excluding diaryl/α,β-unsaturated/α-hetero) is 1. The van der Waals surface area contributed by atoms with Gasteiger partial charge in [0.25, 0.3) is 0 Å². The highest BCUT2D eigenvalue weighted by atomic mass is 16.5. The lowest BCUT2D eigenvalue weighted by atomic mass is 10.2. The number of rotatable bonds is 8. The van der Waals surface area contributed by atoms with Crippen LogP contribution in [-0.2, 0) is 23.9 Å². The van der Waals surface area contributed by atoms with Crippen molar-refractivity contribution in [1.82, 2.24) is 0 Å². The van der Waals surface area contributed by atoms with Gasteiger partial charge in [0.2, 0.25) is 5.78 Å². The lowest BCUT2D eigenvalue weighted by Gasteiger charge is -2.02. The van der Waals surface area contributed by atoms with Gasteiger partial charge in [0, 0.05) is 6.42 Å². The molecule has 0 atom stereocenters. The molecule has 0 amide bonds. The Balaban J connectivity index is 3.59. The van der Waals surface area contributed by atoms with Crippen LogP contribution < -0.4 is 0 Å². The third-order valence-corrected chi connectivity index (χ3v) is 1.98. The molecule has 0 aliphatic heterocycles. The van der Waals surface area contributed by atoms with E-state index in [1.54, 1.807) is 0 Å². The second-order valence-corrected chi connectivity index (χ2v) is 3.35. The zero-order chi connectivity index (χ0) is 13.1. The molecule has 0 bridgehead atoms. The third kappa shape index (κ3) is 8.19. The minimum atomic E-state index is -0.925. The predicted molar refractivity (Wildman–Crippen MR) is 61.3 cm³/mol. The van der Waals surface area contributed by atoms with E-state index in [1.807, 2.05) is 19.1 Å². The van der Waals surface area contributed by atoms with Gasteiger partial charge < -0.3 is 9.47 Å². The SMILES string of the molecule is C/C=C/CCCOC(=O)CCC(=O)C(=O)OC. The number of methoxy groups -OCH3 is 1. The first kappa shape index (κ1) is 15.3. The lowest BCUT2D eigenvalue weighted by Crippen LogP contribution is -2.17. The smallest absolute Gasteiger partial charge is 0.374 e. The molecule has 0 saturated heterocycles. The molecule has 0 heterocycles. The maximum absolute atomic E-state index is 11.1. The molecule has 0 unspecified atom stereocenters. The summed E-state index contributed by atoms with van der Waals surface area (Å²) in [7, 11) is 1.12. The predicted octanol–water partition coefficient (Wildman–Crippen LogP) is 1.41. The van der Waals surface area contributed by atoms with Gasteiger partial charge in [-0.05, 0) is 19.8 Å². The van der Waals surface area contributed by atoms with Gasteiger partial charge in [-0.2, -0.15) is 0 Å². The third-order valence-electron chi connectivity index (χ3n) is 1.98. The summed E-state index contributed by atoms with van der Waals surface area (Å²) in [6.07, 6.45) is 5.26. The van der Waals surface area contributed by atoms with E-state index in [2.05, 4.69) is 4.74 Å². The average molecular weight is 242 g/mol. The topological polar surface area (TPSA) is 69.7 Å². The van der Waals surface area contributed by atoms with Crippen molar-refractivity contribution in [3.05, 3.63) is 12.2 Å². The normalized spacial score (nSPS) is 10.2. The number of carbonyl (C=O) groups is 3. The average Bonchev–Trinajstić information content (AvgIpc) is 2.34. The van der Waals surface area contributed by atoms with E-state index in [0.29, 0.717) is 6.61 Å². The van der Waals surface area contributed by atoms with Crippen molar-refractivity contribution in [2.75, 3.05) is 13.7 Å². The number of ether oxygens (including phenoxy) is 2. The lowest BCUT2D eigenvalue weighted by molar-refractivity contribution is -0.152. The highest BCUT2D eigenvalue weighted by molar-refractivity contribution is 6.33. The van der Waals surface area contributed by atoms with E-state index in [-0.39, 0.29) is 12.8 Å². The van der Waals surface area contributed by atoms with E-state index in [0.717, 1.165) is 20.0 Å². The zero-order valence-corrected chi connectivity index (χ0v) is 10.2. The van der Waals surface area contributed by atoms with Crippen molar-refractivity contribution < 1.29 is 23.9 Å². The Kier molecular flexibility index (Phi) is 8.64. The maximum atomic E-state index is 11.1. The standard InChI is InChI=1S/C12H18O5/c1-3-4-5-6-9-17-11(14)8-7-10(13)12(15)16-2/h3-4H,5-9H2,1-2H3/b4-3+. The Morgan fingerprint density at radius 3 is 2.47 bits per heavy atom. The largest absolute Gasteiger partial charge is 0.466 e. The van der Waals surface area contributed by atoms with Crippen molar-refractivity contribution in [2.45, 2.75) is 32.6 Å². The molecule has 0 aromatic carbocycles. The van der Waals surface area contributed by atoms with Crippen molar-refractivity contribution in [3.8, 4) is 0 Å². The Labute approximate surface area is 101 Å². The molecular weight excluding hydrogens is 224 g/mol. The van der Waals surface area contributed by atoms with Gasteiger partial charge in [-0.15, -0.1) is 0 Å². The first-order valence-electron chi connectivity index (χ1n) is 5.49. The summed E-state index contributed by atoms with van der Waals surface area (Å²) in [6, 6.07) is 0. The summed E-state index contributed by atoms with van der Waals surface area (Å²) >= 11 is 0. The summed E-state index contributed by atoms with van der Waals surface area (Å²) < 4.78 is 9.10. The van der Waals surface area contributed by atoms with Crippen LogP contribution in [0.15, 0.2) is 12.2 Å². The van der Waals surface area contributed by atoms with Crippen LogP contribution in [0.25, 0.3) is 0 Å². The quantitative estimate of drug-likeness (QED) is 0.278. The molecule has 0 aliphatic carbocycles. The monoisotopic (exact) mass is 242 g/mol. The molecule has 0 rings (SSSR count). The van der Waals surface area contributed by atoms with Gasteiger partial charge in [-0.1, -0.05) is 12.2 Å². The summed E-state index contributed by atoms with van der Waals surface area (Å²) in [5, 5.41) is 0. The number of hydrogen-bond donors (Lipinski definition) is 0. The second kappa shape index (κ2) is 9.57. The molecule has 0 fully saturated rings. The Morgan fingerprint density at radius 2 is 1.88 bits per heavy atom. The molecule has 0 aliphatic rings. The molecule has 96 valence electrons. The van der Waals surface area contributed by atoms with Crippen molar-refractivity contribution in [2.24, 2.45) is 0 Å². The summed E-state index contributed by atoms with van der Waals surface area (Å²) in [6.45, 7) is 2.25. The van der Waals surface area contributed by atoms with Crippen LogP contribution in [-0.4, -0.2) is 31.4 Å². The van der Waals surface area contributed by atoms with Crippen LogP contribution in [0.1, 0.15) is 32.6 Å². The van der Waals surface area contributed by atoms with Crippen LogP contribution in [0, 0.1) is 0 Å². The zero-order valence-electron chi connectivity index (χ0n) is 10.2. The van der Waals surface area contributed by atoms with E-state index in [4.69, 9.17) is 4.74 Å². The van der Waals surface area contributed by atoms with Gasteiger partial charge in [0.15, 0.2) is 0 Å². The van der Waals surface area contributed by atoms with Crippen LogP contribution in [0.2, 0.25) is 0 Å².